The predicted molar refractivity (Wildman–Crippen MR) is 89.9 cm³/mol. The molecule has 2 N–H and O–H groups in total. The number of benzene rings is 2. The first-order valence-electron chi connectivity index (χ1n) is 7.62. The van der Waals surface area contributed by atoms with Crippen LogP contribution in [0.1, 0.15) is 11.1 Å². The van der Waals surface area contributed by atoms with Crippen molar-refractivity contribution in [1.82, 2.24) is 0 Å². The zero-order valence-corrected chi connectivity index (χ0v) is 12.6. The maximum Gasteiger partial charge on any atom is 0.0413 e. The first-order chi connectivity index (χ1) is 10.3. The summed E-state index contributed by atoms with van der Waals surface area (Å²) >= 11 is 0. The number of nitrogens with two attached hydrogens (primary N) is 1. The van der Waals surface area contributed by atoms with Gasteiger partial charge >= 0.3 is 0 Å². The lowest BCUT2D eigenvalue weighted by Gasteiger charge is -2.38. The molecule has 3 heteroatoms. The normalized spacial score (nSPS) is 15.3. The van der Waals surface area contributed by atoms with Gasteiger partial charge in [0.05, 0.1) is 0 Å². The molecule has 0 radical (unpaired) electrons. The molecule has 0 unspecified atom stereocenters. The van der Waals surface area contributed by atoms with E-state index in [-0.39, 0.29) is 0 Å². The van der Waals surface area contributed by atoms with Gasteiger partial charge in [-0.2, -0.15) is 0 Å². The maximum absolute atomic E-state index is 5.91. The van der Waals surface area contributed by atoms with Gasteiger partial charge in [0, 0.05) is 44.1 Å². The largest absolute Gasteiger partial charge is 0.368 e. The lowest BCUT2D eigenvalue weighted by atomic mass is 10.1. The minimum Gasteiger partial charge on any atom is -0.368 e. The molecule has 0 atom stereocenters. The molecule has 110 valence electrons. The van der Waals surface area contributed by atoms with Crippen LogP contribution in [0.3, 0.4) is 0 Å². The standard InChI is InChI=1S/C18H23N3/c1-15-7-8-18(16(13-15)14-19)21-11-9-20(10-12-21)17-5-3-2-4-6-17/h2-8,13H,9-12,14,19H2,1H3. The topological polar surface area (TPSA) is 32.5 Å². The molecule has 0 bridgehead atoms. The lowest BCUT2D eigenvalue weighted by molar-refractivity contribution is 0.651. The van der Waals surface area contributed by atoms with E-state index >= 15 is 0 Å². The Kier molecular flexibility index (Phi) is 4.11. The Bertz CT molecular complexity index is 587. The van der Waals surface area contributed by atoms with E-state index in [0.717, 1.165) is 26.2 Å². The van der Waals surface area contributed by atoms with E-state index in [4.69, 9.17) is 5.73 Å². The van der Waals surface area contributed by atoms with Gasteiger partial charge in [-0.15, -0.1) is 0 Å². The highest BCUT2D eigenvalue weighted by atomic mass is 15.3. The average molecular weight is 281 g/mol. The molecule has 1 aliphatic heterocycles. The van der Waals surface area contributed by atoms with Crippen molar-refractivity contribution in [3.8, 4) is 0 Å². The van der Waals surface area contributed by atoms with E-state index in [9.17, 15) is 0 Å². The summed E-state index contributed by atoms with van der Waals surface area (Å²) in [5, 5.41) is 0. The molecule has 0 aromatic heterocycles. The average Bonchev–Trinajstić information content (AvgIpc) is 2.56. The molecule has 1 saturated heterocycles. The van der Waals surface area contributed by atoms with Crippen LogP contribution >= 0.6 is 0 Å². The third kappa shape index (κ3) is 3.03. The van der Waals surface area contributed by atoms with Crippen molar-refractivity contribution in [3.05, 3.63) is 59.7 Å². The van der Waals surface area contributed by atoms with E-state index in [2.05, 4.69) is 65.3 Å². The fourth-order valence-corrected chi connectivity index (χ4v) is 3.03. The highest BCUT2D eigenvalue weighted by molar-refractivity contribution is 5.57. The molecular formula is C18H23N3. The summed E-state index contributed by atoms with van der Waals surface area (Å²) in [5.41, 5.74) is 11.1. The summed E-state index contributed by atoms with van der Waals surface area (Å²) in [7, 11) is 0. The number of aryl methyl sites for hydroxylation is 1. The maximum atomic E-state index is 5.91. The molecule has 0 amide bonds. The first-order valence-corrected chi connectivity index (χ1v) is 7.62. The molecule has 1 fully saturated rings. The van der Waals surface area contributed by atoms with Gasteiger partial charge in [0.1, 0.15) is 0 Å². The number of piperazine rings is 1. The Labute approximate surface area is 127 Å². The Balaban J connectivity index is 1.71. The van der Waals surface area contributed by atoms with Crippen LogP contribution in [0.4, 0.5) is 11.4 Å². The third-order valence-corrected chi connectivity index (χ3v) is 4.20. The van der Waals surface area contributed by atoms with Crippen LogP contribution in [0.25, 0.3) is 0 Å². The zero-order valence-electron chi connectivity index (χ0n) is 12.6. The summed E-state index contributed by atoms with van der Waals surface area (Å²) in [5.74, 6) is 0. The fraction of sp³-hybridized carbons (Fsp3) is 0.333. The van der Waals surface area contributed by atoms with Crippen molar-refractivity contribution in [1.29, 1.82) is 0 Å². The van der Waals surface area contributed by atoms with E-state index in [1.54, 1.807) is 0 Å². The SMILES string of the molecule is Cc1ccc(N2CCN(c3ccccc3)CC2)c(CN)c1. The summed E-state index contributed by atoms with van der Waals surface area (Å²) < 4.78 is 0. The minimum absolute atomic E-state index is 0.607. The number of rotatable bonds is 3. The van der Waals surface area contributed by atoms with Crippen molar-refractivity contribution < 1.29 is 0 Å². The molecule has 2 aromatic rings. The van der Waals surface area contributed by atoms with Crippen LogP contribution in [-0.4, -0.2) is 26.2 Å². The van der Waals surface area contributed by atoms with Crippen LogP contribution in [0.2, 0.25) is 0 Å². The molecule has 1 aliphatic rings. The van der Waals surface area contributed by atoms with Crippen molar-refractivity contribution in [2.75, 3.05) is 36.0 Å². The van der Waals surface area contributed by atoms with Gasteiger partial charge in [0.2, 0.25) is 0 Å². The number of nitrogens with zero attached hydrogens (tertiary/aromatic N) is 2. The molecular weight excluding hydrogens is 258 g/mol. The van der Waals surface area contributed by atoms with Crippen molar-refractivity contribution >= 4 is 11.4 Å². The van der Waals surface area contributed by atoms with Crippen LogP contribution in [0.15, 0.2) is 48.5 Å². The molecule has 2 aromatic carbocycles. The summed E-state index contributed by atoms with van der Waals surface area (Å²) in [6, 6.07) is 17.3. The van der Waals surface area contributed by atoms with Gasteiger partial charge in [-0.1, -0.05) is 35.9 Å². The molecule has 0 saturated carbocycles. The van der Waals surface area contributed by atoms with E-state index in [1.807, 2.05) is 0 Å². The van der Waals surface area contributed by atoms with Crippen LogP contribution in [0.5, 0.6) is 0 Å². The smallest absolute Gasteiger partial charge is 0.0413 e. The van der Waals surface area contributed by atoms with Gasteiger partial charge < -0.3 is 15.5 Å². The lowest BCUT2D eigenvalue weighted by Crippen LogP contribution is -2.46. The summed E-state index contributed by atoms with van der Waals surface area (Å²) in [6.45, 7) is 6.94. The molecule has 0 spiro atoms. The van der Waals surface area contributed by atoms with Crippen LogP contribution in [-0.2, 0) is 6.54 Å². The summed E-state index contributed by atoms with van der Waals surface area (Å²) in [4.78, 5) is 4.91. The molecule has 3 rings (SSSR count). The second-order valence-electron chi connectivity index (χ2n) is 5.65. The van der Waals surface area contributed by atoms with Crippen LogP contribution < -0.4 is 15.5 Å². The molecule has 1 heterocycles. The molecule has 3 nitrogen and oxygen atoms in total. The number of para-hydroxylation sites is 1. The van der Waals surface area contributed by atoms with E-state index < -0.39 is 0 Å². The van der Waals surface area contributed by atoms with Crippen molar-refractivity contribution in [2.45, 2.75) is 13.5 Å². The van der Waals surface area contributed by atoms with Gasteiger partial charge in [0.25, 0.3) is 0 Å². The fourth-order valence-electron chi connectivity index (χ4n) is 3.03. The number of hydrogen-bond donors (Lipinski definition) is 1. The predicted octanol–water partition coefficient (Wildman–Crippen LogP) is 2.78. The number of hydrogen-bond acceptors (Lipinski definition) is 3. The highest BCUT2D eigenvalue weighted by Gasteiger charge is 2.19. The van der Waals surface area contributed by atoms with Gasteiger partial charge in [-0.25, -0.2) is 0 Å². The van der Waals surface area contributed by atoms with Gasteiger partial charge in [-0.05, 0) is 30.7 Å². The Morgan fingerprint density at radius 1 is 0.905 bits per heavy atom. The van der Waals surface area contributed by atoms with Crippen molar-refractivity contribution in [2.24, 2.45) is 5.73 Å². The van der Waals surface area contributed by atoms with Crippen molar-refractivity contribution in [3.63, 3.8) is 0 Å². The second kappa shape index (κ2) is 6.19. The van der Waals surface area contributed by atoms with Gasteiger partial charge in [0.15, 0.2) is 0 Å². The Hall–Kier alpha value is -2.00. The quantitative estimate of drug-likeness (QED) is 0.939. The highest BCUT2D eigenvalue weighted by Crippen LogP contribution is 2.24. The molecule has 21 heavy (non-hydrogen) atoms. The van der Waals surface area contributed by atoms with E-state index in [1.165, 1.54) is 22.5 Å². The molecule has 0 aliphatic carbocycles. The Morgan fingerprint density at radius 3 is 2.24 bits per heavy atom. The Morgan fingerprint density at radius 2 is 1.57 bits per heavy atom. The zero-order chi connectivity index (χ0) is 14.7. The second-order valence-corrected chi connectivity index (χ2v) is 5.65. The van der Waals surface area contributed by atoms with E-state index in [0.29, 0.717) is 6.54 Å². The third-order valence-electron chi connectivity index (χ3n) is 4.20. The van der Waals surface area contributed by atoms with Crippen LogP contribution in [0, 0.1) is 6.92 Å². The first kappa shape index (κ1) is 14.0. The monoisotopic (exact) mass is 281 g/mol. The van der Waals surface area contributed by atoms with Gasteiger partial charge in [-0.3, -0.25) is 0 Å². The minimum atomic E-state index is 0.607. The summed E-state index contributed by atoms with van der Waals surface area (Å²) in [6.07, 6.45) is 0. The number of anilines is 2.